The Hall–Kier alpha value is -1.88. The Morgan fingerprint density at radius 2 is 2.28 bits per heavy atom. The Bertz CT molecular complexity index is 525. The molecule has 0 amide bonds. The van der Waals surface area contributed by atoms with Crippen LogP contribution in [-0.2, 0) is 13.0 Å². The zero-order valence-corrected chi connectivity index (χ0v) is 10.3. The van der Waals surface area contributed by atoms with Gasteiger partial charge in [0.05, 0.1) is 19.9 Å². The van der Waals surface area contributed by atoms with Gasteiger partial charge >= 0.3 is 0 Å². The van der Waals surface area contributed by atoms with Crippen LogP contribution < -0.4 is 10.5 Å². The van der Waals surface area contributed by atoms with Crippen LogP contribution in [0.1, 0.15) is 11.1 Å². The SMILES string of the molecule is COc1c(CCN)cnn1Cc1cccc(F)c1. The highest BCUT2D eigenvalue weighted by atomic mass is 19.1. The summed E-state index contributed by atoms with van der Waals surface area (Å²) in [6.07, 6.45) is 2.46. The van der Waals surface area contributed by atoms with Gasteiger partial charge in [0, 0.05) is 5.56 Å². The van der Waals surface area contributed by atoms with E-state index in [1.54, 1.807) is 24.1 Å². The van der Waals surface area contributed by atoms with Crippen molar-refractivity contribution in [3.63, 3.8) is 0 Å². The monoisotopic (exact) mass is 249 g/mol. The summed E-state index contributed by atoms with van der Waals surface area (Å²) < 4.78 is 20.1. The van der Waals surface area contributed by atoms with Crippen LogP contribution in [0.2, 0.25) is 0 Å². The highest BCUT2D eigenvalue weighted by Crippen LogP contribution is 2.19. The molecule has 0 atom stereocenters. The third kappa shape index (κ3) is 2.68. The van der Waals surface area contributed by atoms with Crippen molar-refractivity contribution in [1.29, 1.82) is 0 Å². The summed E-state index contributed by atoms with van der Waals surface area (Å²) in [4.78, 5) is 0. The minimum atomic E-state index is -0.249. The maximum Gasteiger partial charge on any atom is 0.215 e. The van der Waals surface area contributed by atoms with E-state index in [1.165, 1.54) is 12.1 Å². The molecule has 0 fully saturated rings. The van der Waals surface area contributed by atoms with Gasteiger partial charge in [-0.1, -0.05) is 12.1 Å². The maximum atomic E-state index is 13.1. The second kappa shape index (κ2) is 5.64. The first-order valence-electron chi connectivity index (χ1n) is 5.77. The van der Waals surface area contributed by atoms with Crippen LogP contribution >= 0.6 is 0 Å². The number of halogens is 1. The molecule has 0 saturated carbocycles. The van der Waals surface area contributed by atoms with Crippen molar-refractivity contribution in [1.82, 2.24) is 9.78 Å². The first-order chi connectivity index (χ1) is 8.74. The van der Waals surface area contributed by atoms with E-state index in [2.05, 4.69) is 5.10 Å². The number of nitrogens with two attached hydrogens (primary N) is 1. The number of hydrogen-bond acceptors (Lipinski definition) is 3. The summed E-state index contributed by atoms with van der Waals surface area (Å²) in [5.74, 6) is 0.436. The second-order valence-corrected chi connectivity index (χ2v) is 4.01. The molecule has 0 aliphatic rings. The van der Waals surface area contributed by atoms with E-state index in [0.29, 0.717) is 25.4 Å². The standard InChI is InChI=1S/C13H16FN3O/c1-18-13-11(5-6-15)8-16-17(13)9-10-3-2-4-12(14)7-10/h2-4,7-8H,5-6,9,15H2,1H3. The average molecular weight is 249 g/mol. The number of hydrogen-bond donors (Lipinski definition) is 1. The Morgan fingerprint density at radius 3 is 2.94 bits per heavy atom. The highest BCUT2D eigenvalue weighted by Gasteiger charge is 2.11. The van der Waals surface area contributed by atoms with Crippen molar-refractivity contribution in [3.8, 4) is 5.88 Å². The lowest BCUT2D eigenvalue weighted by molar-refractivity contribution is 0.362. The van der Waals surface area contributed by atoms with Gasteiger partial charge in [0.2, 0.25) is 5.88 Å². The molecule has 0 saturated heterocycles. The summed E-state index contributed by atoms with van der Waals surface area (Å²) in [6.45, 7) is 1.02. The Balaban J connectivity index is 2.23. The van der Waals surface area contributed by atoms with Gasteiger partial charge in [0.25, 0.3) is 0 Å². The summed E-state index contributed by atoms with van der Waals surface area (Å²) in [6, 6.07) is 6.45. The molecule has 2 N–H and O–H groups in total. The van der Waals surface area contributed by atoms with Crippen LogP contribution in [0.15, 0.2) is 30.5 Å². The summed E-state index contributed by atoms with van der Waals surface area (Å²) in [5.41, 5.74) is 7.34. The topological polar surface area (TPSA) is 53.1 Å². The zero-order chi connectivity index (χ0) is 13.0. The van der Waals surface area contributed by atoms with Crippen molar-refractivity contribution >= 4 is 0 Å². The van der Waals surface area contributed by atoms with Gasteiger partial charge in [-0.2, -0.15) is 5.10 Å². The van der Waals surface area contributed by atoms with Crippen molar-refractivity contribution < 1.29 is 9.13 Å². The summed E-state index contributed by atoms with van der Waals surface area (Å²) >= 11 is 0. The van der Waals surface area contributed by atoms with E-state index < -0.39 is 0 Å². The molecular formula is C13H16FN3O. The van der Waals surface area contributed by atoms with Crippen LogP contribution in [0.25, 0.3) is 0 Å². The number of rotatable bonds is 5. The van der Waals surface area contributed by atoms with Crippen LogP contribution in [0.3, 0.4) is 0 Å². The smallest absolute Gasteiger partial charge is 0.215 e. The molecular weight excluding hydrogens is 233 g/mol. The van der Waals surface area contributed by atoms with E-state index in [0.717, 1.165) is 11.1 Å². The normalized spacial score (nSPS) is 10.6. The first-order valence-corrected chi connectivity index (χ1v) is 5.77. The predicted octanol–water partition coefficient (Wildman–Crippen LogP) is 1.58. The fourth-order valence-corrected chi connectivity index (χ4v) is 1.90. The van der Waals surface area contributed by atoms with Crippen molar-refractivity contribution in [2.45, 2.75) is 13.0 Å². The lowest BCUT2D eigenvalue weighted by Gasteiger charge is -2.08. The first kappa shape index (κ1) is 12.6. The largest absolute Gasteiger partial charge is 0.481 e. The lowest BCUT2D eigenvalue weighted by Crippen LogP contribution is -2.07. The number of aromatic nitrogens is 2. The lowest BCUT2D eigenvalue weighted by atomic mass is 10.2. The molecule has 0 radical (unpaired) electrons. The minimum Gasteiger partial charge on any atom is -0.481 e. The van der Waals surface area contributed by atoms with Crippen molar-refractivity contribution in [2.75, 3.05) is 13.7 Å². The summed E-state index contributed by atoms with van der Waals surface area (Å²) in [5, 5.41) is 4.24. The Labute approximate surface area is 105 Å². The zero-order valence-electron chi connectivity index (χ0n) is 10.3. The maximum absolute atomic E-state index is 13.1. The number of benzene rings is 1. The molecule has 4 nitrogen and oxygen atoms in total. The van der Waals surface area contributed by atoms with Crippen molar-refractivity contribution in [2.24, 2.45) is 5.73 Å². The fraction of sp³-hybridized carbons (Fsp3) is 0.308. The quantitative estimate of drug-likeness (QED) is 0.875. The number of nitrogens with zero attached hydrogens (tertiary/aromatic N) is 2. The van der Waals surface area contributed by atoms with Crippen LogP contribution in [0.4, 0.5) is 4.39 Å². The molecule has 5 heteroatoms. The third-order valence-electron chi connectivity index (χ3n) is 2.69. The number of methoxy groups -OCH3 is 1. The Kier molecular flexibility index (Phi) is 3.94. The molecule has 2 aromatic rings. The molecule has 1 aromatic carbocycles. The van der Waals surface area contributed by atoms with Gasteiger partial charge in [0.15, 0.2) is 0 Å². The van der Waals surface area contributed by atoms with Crippen LogP contribution in [0.5, 0.6) is 5.88 Å². The molecule has 0 unspecified atom stereocenters. The van der Waals surface area contributed by atoms with Crippen LogP contribution in [0, 0.1) is 5.82 Å². The van der Waals surface area contributed by atoms with Gasteiger partial charge in [-0.25, -0.2) is 9.07 Å². The van der Waals surface area contributed by atoms with E-state index in [1.807, 2.05) is 6.07 Å². The van der Waals surface area contributed by atoms with Crippen LogP contribution in [-0.4, -0.2) is 23.4 Å². The predicted molar refractivity (Wildman–Crippen MR) is 67.0 cm³/mol. The molecule has 0 bridgehead atoms. The highest BCUT2D eigenvalue weighted by molar-refractivity contribution is 5.26. The third-order valence-corrected chi connectivity index (χ3v) is 2.69. The van der Waals surface area contributed by atoms with Gasteiger partial charge in [-0.05, 0) is 30.7 Å². The van der Waals surface area contributed by atoms with Gasteiger partial charge in [-0.15, -0.1) is 0 Å². The molecule has 96 valence electrons. The molecule has 0 aliphatic carbocycles. The Morgan fingerprint density at radius 1 is 1.44 bits per heavy atom. The van der Waals surface area contributed by atoms with E-state index >= 15 is 0 Å². The molecule has 0 aliphatic heterocycles. The average Bonchev–Trinajstić information content (AvgIpc) is 2.72. The fourth-order valence-electron chi connectivity index (χ4n) is 1.90. The number of ether oxygens (including phenoxy) is 1. The molecule has 2 rings (SSSR count). The summed E-state index contributed by atoms with van der Waals surface area (Å²) in [7, 11) is 1.60. The molecule has 0 spiro atoms. The van der Waals surface area contributed by atoms with Crippen molar-refractivity contribution in [3.05, 3.63) is 47.4 Å². The molecule has 18 heavy (non-hydrogen) atoms. The molecule has 1 aromatic heterocycles. The van der Waals surface area contributed by atoms with E-state index in [4.69, 9.17) is 10.5 Å². The van der Waals surface area contributed by atoms with E-state index in [9.17, 15) is 4.39 Å². The minimum absolute atomic E-state index is 0.249. The molecule has 1 heterocycles. The van der Waals surface area contributed by atoms with Gasteiger partial charge in [0.1, 0.15) is 5.82 Å². The second-order valence-electron chi connectivity index (χ2n) is 4.01. The van der Waals surface area contributed by atoms with E-state index in [-0.39, 0.29) is 5.82 Å². The van der Waals surface area contributed by atoms with Gasteiger partial charge < -0.3 is 10.5 Å². The van der Waals surface area contributed by atoms with Gasteiger partial charge in [-0.3, -0.25) is 0 Å².